The summed E-state index contributed by atoms with van der Waals surface area (Å²) in [5.41, 5.74) is 1.92. The fourth-order valence-corrected chi connectivity index (χ4v) is 2.78. The summed E-state index contributed by atoms with van der Waals surface area (Å²) < 4.78 is 3.15. The molecule has 0 unspecified atom stereocenters. The van der Waals surface area contributed by atoms with Crippen LogP contribution in [0.3, 0.4) is 0 Å². The van der Waals surface area contributed by atoms with Crippen molar-refractivity contribution in [2.45, 2.75) is 31.7 Å². The highest BCUT2D eigenvalue weighted by molar-refractivity contribution is 14.1. The molecule has 1 aliphatic carbocycles. The van der Waals surface area contributed by atoms with Gasteiger partial charge in [0.05, 0.1) is 6.33 Å². The van der Waals surface area contributed by atoms with Crippen molar-refractivity contribution >= 4 is 33.8 Å². The minimum atomic E-state index is 0.598. The molecular formula is C10H11IN4. The van der Waals surface area contributed by atoms with Crippen molar-refractivity contribution in [3.63, 3.8) is 0 Å². The van der Waals surface area contributed by atoms with Gasteiger partial charge in [-0.25, -0.2) is 15.0 Å². The summed E-state index contributed by atoms with van der Waals surface area (Å²) in [6, 6.07) is 0.598. The Labute approximate surface area is 101 Å². The van der Waals surface area contributed by atoms with Gasteiger partial charge in [-0.3, -0.25) is 0 Å². The van der Waals surface area contributed by atoms with E-state index in [4.69, 9.17) is 0 Å². The second kappa shape index (κ2) is 3.70. The Morgan fingerprint density at radius 3 is 2.80 bits per heavy atom. The second-order valence-corrected chi connectivity index (χ2v) is 4.95. The third kappa shape index (κ3) is 1.53. The second-order valence-electron chi connectivity index (χ2n) is 3.93. The molecule has 0 saturated heterocycles. The average Bonchev–Trinajstić information content (AvgIpc) is 2.85. The van der Waals surface area contributed by atoms with E-state index in [1.54, 1.807) is 6.33 Å². The van der Waals surface area contributed by atoms with Gasteiger partial charge in [-0.1, -0.05) is 12.8 Å². The lowest BCUT2D eigenvalue weighted by Crippen LogP contribution is -2.04. The predicted octanol–water partition coefficient (Wildman–Crippen LogP) is 2.55. The third-order valence-corrected chi connectivity index (χ3v) is 3.82. The van der Waals surface area contributed by atoms with Crippen LogP contribution >= 0.6 is 22.6 Å². The van der Waals surface area contributed by atoms with Crippen LogP contribution in [0, 0.1) is 3.70 Å². The molecule has 0 aromatic carbocycles. The number of aromatic nitrogens is 4. The number of hydrogen-bond acceptors (Lipinski definition) is 3. The molecule has 4 nitrogen and oxygen atoms in total. The lowest BCUT2D eigenvalue weighted by atomic mass is 10.2. The molecule has 0 radical (unpaired) electrons. The lowest BCUT2D eigenvalue weighted by molar-refractivity contribution is 0.529. The van der Waals surface area contributed by atoms with E-state index < -0.39 is 0 Å². The van der Waals surface area contributed by atoms with Crippen LogP contribution in [0.2, 0.25) is 0 Å². The van der Waals surface area contributed by atoms with Crippen LogP contribution in [0.4, 0.5) is 0 Å². The fraction of sp³-hybridized carbons (Fsp3) is 0.500. The quantitative estimate of drug-likeness (QED) is 0.600. The molecule has 3 rings (SSSR count). The molecule has 15 heavy (non-hydrogen) atoms. The largest absolute Gasteiger partial charge is 0.312 e. The highest BCUT2D eigenvalue weighted by Crippen LogP contribution is 2.31. The van der Waals surface area contributed by atoms with E-state index in [0.29, 0.717) is 6.04 Å². The zero-order valence-electron chi connectivity index (χ0n) is 8.23. The van der Waals surface area contributed by atoms with E-state index in [-0.39, 0.29) is 0 Å². The molecule has 2 aromatic rings. The van der Waals surface area contributed by atoms with E-state index in [0.717, 1.165) is 14.9 Å². The van der Waals surface area contributed by atoms with Crippen molar-refractivity contribution < 1.29 is 0 Å². The molecule has 0 bridgehead atoms. The summed E-state index contributed by atoms with van der Waals surface area (Å²) in [5, 5.41) is 0. The maximum Gasteiger partial charge on any atom is 0.164 e. The van der Waals surface area contributed by atoms with Gasteiger partial charge < -0.3 is 4.57 Å². The maximum absolute atomic E-state index is 4.39. The van der Waals surface area contributed by atoms with Crippen molar-refractivity contribution in [3.8, 4) is 0 Å². The molecule has 0 aliphatic heterocycles. The van der Waals surface area contributed by atoms with Crippen molar-refractivity contribution in [2.24, 2.45) is 0 Å². The first kappa shape index (κ1) is 9.50. The average molecular weight is 314 g/mol. The highest BCUT2D eigenvalue weighted by atomic mass is 127. The smallest absolute Gasteiger partial charge is 0.164 e. The summed E-state index contributed by atoms with van der Waals surface area (Å²) in [5.74, 6) is 0. The molecule has 1 aliphatic rings. The predicted molar refractivity (Wildman–Crippen MR) is 65.5 cm³/mol. The van der Waals surface area contributed by atoms with Gasteiger partial charge in [0.15, 0.2) is 5.65 Å². The molecule has 2 heterocycles. The Bertz CT molecular complexity index is 487. The van der Waals surface area contributed by atoms with Gasteiger partial charge in [-0.2, -0.15) is 0 Å². The Balaban J connectivity index is 2.15. The van der Waals surface area contributed by atoms with Gasteiger partial charge in [0, 0.05) is 6.04 Å². The summed E-state index contributed by atoms with van der Waals surface area (Å²) in [7, 11) is 0. The maximum atomic E-state index is 4.39. The highest BCUT2D eigenvalue weighted by Gasteiger charge is 2.19. The van der Waals surface area contributed by atoms with Gasteiger partial charge in [0.1, 0.15) is 15.5 Å². The molecule has 78 valence electrons. The van der Waals surface area contributed by atoms with Crippen LogP contribution in [0.1, 0.15) is 31.7 Å². The minimum absolute atomic E-state index is 0.598. The topological polar surface area (TPSA) is 43.6 Å². The van der Waals surface area contributed by atoms with Crippen LogP contribution in [-0.4, -0.2) is 19.5 Å². The van der Waals surface area contributed by atoms with E-state index in [2.05, 4.69) is 42.1 Å². The van der Waals surface area contributed by atoms with Crippen molar-refractivity contribution in [3.05, 3.63) is 16.4 Å². The van der Waals surface area contributed by atoms with Gasteiger partial charge in [0.25, 0.3) is 0 Å². The zero-order valence-corrected chi connectivity index (χ0v) is 10.4. The lowest BCUT2D eigenvalue weighted by Gasteiger charge is -2.10. The monoisotopic (exact) mass is 314 g/mol. The van der Waals surface area contributed by atoms with Gasteiger partial charge in [-0.05, 0) is 35.4 Å². The van der Waals surface area contributed by atoms with Gasteiger partial charge in [0.2, 0.25) is 0 Å². The van der Waals surface area contributed by atoms with Gasteiger partial charge in [-0.15, -0.1) is 0 Å². The number of rotatable bonds is 1. The molecule has 0 N–H and O–H groups in total. The number of imidazole rings is 1. The van der Waals surface area contributed by atoms with E-state index >= 15 is 0 Å². The van der Waals surface area contributed by atoms with Crippen LogP contribution < -0.4 is 0 Å². The molecule has 1 saturated carbocycles. The summed E-state index contributed by atoms with van der Waals surface area (Å²) in [6.07, 6.45) is 8.70. The molecule has 0 amide bonds. The Kier molecular flexibility index (Phi) is 2.34. The van der Waals surface area contributed by atoms with Crippen molar-refractivity contribution in [1.82, 2.24) is 19.5 Å². The number of halogens is 1. The molecule has 0 spiro atoms. The minimum Gasteiger partial charge on any atom is -0.312 e. The zero-order chi connectivity index (χ0) is 10.3. The molecule has 2 aromatic heterocycles. The summed E-state index contributed by atoms with van der Waals surface area (Å²) >= 11 is 2.21. The van der Waals surface area contributed by atoms with Gasteiger partial charge >= 0.3 is 0 Å². The Morgan fingerprint density at radius 1 is 1.20 bits per heavy atom. The first-order valence-electron chi connectivity index (χ1n) is 5.19. The molecular weight excluding hydrogens is 303 g/mol. The van der Waals surface area contributed by atoms with Crippen LogP contribution in [0.5, 0.6) is 0 Å². The standard InChI is InChI=1S/C10H11IN4/c11-9-8-10(13-5-12-9)15(6-14-8)7-3-1-2-4-7/h5-7H,1-4H2. The molecule has 5 heteroatoms. The SMILES string of the molecule is Ic1ncnc2c1ncn2C1CCCC1. The first-order chi connectivity index (χ1) is 7.36. The van der Waals surface area contributed by atoms with E-state index in [1.165, 1.54) is 25.7 Å². The Morgan fingerprint density at radius 2 is 2.00 bits per heavy atom. The fourth-order valence-electron chi connectivity index (χ4n) is 2.27. The number of fused-ring (bicyclic) bond motifs is 1. The first-order valence-corrected chi connectivity index (χ1v) is 6.27. The van der Waals surface area contributed by atoms with Crippen LogP contribution in [0.15, 0.2) is 12.7 Å². The van der Waals surface area contributed by atoms with Crippen molar-refractivity contribution in [2.75, 3.05) is 0 Å². The molecule has 0 atom stereocenters. The summed E-state index contributed by atoms with van der Waals surface area (Å²) in [4.78, 5) is 12.9. The van der Waals surface area contributed by atoms with Crippen LogP contribution in [0.25, 0.3) is 11.2 Å². The van der Waals surface area contributed by atoms with E-state index in [1.807, 2.05) is 6.33 Å². The number of nitrogens with zero attached hydrogens (tertiary/aromatic N) is 4. The summed E-state index contributed by atoms with van der Waals surface area (Å²) in [6.45, 7) is 0. The van der Waals surface area contributed by atoms with Crippen LogP contribution in [-0.2, 0) is 0 Å². The third-order valence-electron chi connectivity index (χ3n) is 3.03. The van der Waals surface area contributed by atoms with E-state index in [9.17, 15) is 0 Å². The normalized spacial score (nSPS) is 17.7. The Hall–Kier alpha value is -0.720. The van der Waals surface area contributed by atoms with Crippen molar-refractivity contribution in [1.29, 1.82) is 0 Å². The number of hydrogen-bond donors (Lipinski definition) is 0. The molecule has 1 fully saturated rings.